The molecule has 0 aromatic heterocycles. The van der Waals surface area contributed by atoms with E-state index < -0.39 is 0 Å². The van der Waals surface area contributed by atoms with E-state index in [1.54, 1.807) is 7.05 Å². The highest BCUT2D eigenvalue weighted by Gasteiger charge is 2.38. The summed E-state index contributed by atoms with van der Waals surface area (Å²) in [7, 11) is 1.55. The van der Waals surface area contributed by atoms with Gasteiger partial charge in [-0.3, -0.25) is 14.5 Å². The van der Waals surface area contributed by atoms with Crippen molar-refractivity contribution in [2.45, 2.75) is 31.1 Å². The molecule has 0 spiro atoms. The number of piperazine rings is 1. The average Bonchev–Trinajstić information content (AvgIpc) is 3.02. The molecule has 3 rings (SSSR count). The van der Waals surface area contributed by atoms with Crippen LogP contribution in [0.1, 0.15) is 31.2 Å². The number of amides is 2. The summed E-state index contributed by atoms with van der Waals surface area (Å²) in [6.45, 7) is 1.11. The van der Waals surface area contributed by atoms with Gasteiger partial charge in [-0.25, -0.2) is 0 Å². The van der Waals surface area contributed by atoms with E-state index in [0.29, 0.717) is 6.54 Å². The van der Waals surface area contributed by atoms with Crippen molar-refractivity contribution in [1.29, 1.82) is 0 Å². The minimum atomic E-state index is -0.153. The Labute approximate surface area is 131 Å². The molecule has 2 N–H and O–H groups in total. The van der Waals surface area contributed by atoms with Crippen LogP contribution in [0.25, 0.3) is 0 Å². The zero-order valence-corrected chi connectivity index (χ0v) is 13.0. The van der Waals surface area contributed by atoms with Crippen molar-refractivity contribution >= 4 is 17.5 Å². The first-order chi connectivity index (χ1) is 10.6. The summed E-state index contributed by atoms with van der Waals surface area (Å²) >= 11 is 0. The summed E-state index contributed by atoms with van der Waals surface area (Å²) in [5, 5.41) is 0. The first kappa shape index (κ1) is 15.0. The van der Waals surface area contributed by atoms with Gasteiger partial charge in [-0.15, -0.1) is 0 Å². The fourth-order valence-corrected chi connectivity index (χ4v) is 3.74. The number of likely N-dealkylation sites (N-methyl/N-ethyl adjacent to an activating group) is 1. The van der Waals surface area contributed by atoms with Gasteiger partial charge in [0.25, 0.3) is 0 Å². The van der Waals surface area contributed by atoms with Crippen molar-refractivity contribution in [2.24, 2.45) is 5.73 Å². The number of carbonyl (C=O) groups excluding carboxylic acids is 2. The van der Waals surface area contributed by atoms with Gasteiger partial charge in [0, 0.05) is 24.7 Å². The lowest BCUT2D eigenvalue weighted by Gasteiger charge is -2.37. The third-order valence-electron chi connectivity index (χ3n) is 5.17. The van der Waals surface area contributed by atoms with Crippen LogP contribution in [-0.2, 0) is 15.0 Å². The topological polar surface area (TPSA) is 66.6 Å². The number of benzene rings is 1. The Balaban J connectivity index is 1.98. The van der Waals surface area contributed by atoms with E-state index in [2.05, 4.69) is 6.07 Å². The van der Waals surface area contributed by atoms with Gasteiger partial charge in [0.05, 0.1) is 13.1 Å². The van der Waals surface area contributed by atoms with Crippen LogP contribution in [0.2, 0.25) is 0 Å². The molecule has 118 valence electrons. The predicted octanol–water partition coefficient (Wildman–Crippen LogP) is 1.26. The van der Waals surface area contributed by atoms with Crippen LogP contribution < -0.4 is 10.6 Å². The van der Waals surface area contributed by atoms with E-state index in [-0.39, 0.29) is 30.3 Å². The molecule has 2 amide bonds. The lowest BCUT2D eigenvalue weighted by atomic mass is 9.78. The van der Waals surface area contributed by atoms with Gasteiger partial charge in [-0.05, 0) is 24.5 Å². The fourth-order valence-electron chi connectivity index (χ4n) is 3.74. The molecule has 1 aliphatic heterocycles. The van der Waals surface area contributed by atoms with Crippen LogP contribution in [0.4, 0.5) is 5.69 Å². The molecule has 0 unspecified atom stereocenters. The maximum Gasteiger partial charge on any atom is 0.248 e. The highest BCUT2D eigenvalue weighted by molar-refractivity contribution is 6.02. The maximum atomic E-state index is 12.0. The van der Waals surface area contributed by atoms with Crippen LogP contribution in [0, 0.1) is 0 Å². The highest BCUT2D eigenvalue weighted by Crippen LogP contribution is 2.44. The van der Waals surface area contributed by atoms with Crippen LogP contribution in [0.3, 0.4) is 0 Å². The Bertz CT molecular complexity index is 575. The minimum absolute atomic E-state index is 0.00790. The normalized spacial score (nSPS) is 21.5. The fraction of sp³-hybridized carbons (Fsp3) is 0.529. The standard InChI is InChI=1S/C17H23N3O2/c1-19-15(21)10-20(11-16(19)22)14-7-3-2-6-13(14)17(12-18)8-4-5-9-17/h2-3,6-7H,4-5,8-12,18H2,1H3. The number of nitrogens with zero attached hydrogens (tertiary/aromatic N) is 2. The predicted molar refractivity (Wildman–Crippen MR) is 85.6 cm³/mol. The Hall–Kier alpha value is -1.88. The second kappa shape index (κ2) is 5.72. The van der Waals surface area contributed by atoms with Crippen molar-refractivity contribution < 1.29 is 9.59 Å². The molecule has 22 heavy (non-hydrogen) atoms. The lowest BCUT2D eigenvalue weighted by Crippen LogP contribution is -2.53. The lowest BCUT2D eigenvalue weighted by molar-refractivity contribution is -0.143. The first-order valence-corrected chi connectivity index (χ1v) is 7.91. The second-order valence-corrected chi connectivity index (χ2v) is 6.41. The van der Waals surface area contributed by atoms with E-state index in [9.17, 15) is 9.59 Å². The molecular weight excluding hydrogens is 278 g/mol. The van der Waals surface area contributed by atoms with Gasteiger partial charge in [0.1, 0.15) is 0 Å². The molecule has 1 aliphatic carbocycles. The molecule has 5 heteroatoms. The van der Waals surface area contributed by atoms with E-state index in [4.69, 9.17) is 5.73 Å². The van der Waals surface area contributed by atoms with Crippen LogP contribution in [0.15, 0.2) is 24.3 Å². The summed E-state index contributed by atoms with van der Waals surface area (Å²) in [6, 6.07) is 8.11. The van der Waals surface area contributed by atoms with E-state index in [0.717, 1.165) is 18.5 Å². The second-order valence-electron chi connectivity index (χ2n) is 6.41. The van der Waals surface area contributed by atoms with Crippen molar-refractivity contribution in [3.8, 4) is 0 Å². The quantitative estimate of drug-likeness (QED) is 0.854. The SMILES string of the molecule is CN1C(=O)CN(c2ccccc2C2(CN)CCCC2)CC1=O. The first-order valence-electron chi connectivity index (χ1n) is 7.91. The van der Waals surface area contributed by atoms with Gasteiger partial charge in [0.15, 0.2) is 0 Å². The summed E-state index contributed by atoms with van der Waals surface area (Å²) in [6.07, 6.45) is 4.53. The molecule has 2 fully saturated rings. The number of anilines is 1. The van der Waals surface area contributed by atoms with Gasteiger partial charge in [-0.1, -0.05) is 31.0 Å². The van der Waals surface area contributed by atoms with E-state index >= 15 is 0 Å². The zero-order valence-electron chi connectivity index (χ0n) is 13.0. The molecule has 0 atom stereocenters. The molecule has 0 bridgehead atoms. The summed E-state index contributed by atoms with van der Waals surface area (Å²) in [5.74, 6) is -0.307. The molecule has 2 aliphatic rings. The maximum absolute atomic E-state index is 12.0. The van der Waals surface area contributed by atoms with Gasteiger partial charge >= 0.3 is 0 Å². The molecule has 1 saturated heterocycles. The number of rotatable bonds is 3. The van der Waals surface area contributed by atoms with Crippen LogP contribution >= 0.6 is 0 Å². The summed E-state index contributed by atoms with van der Waals surface area (Å²) < 4.78 is 0. The van der Waals surface area contributed by atoms with Crippen molar-refractivity contribution in [3.63, 3.8) is 0 Å². The largest absolute Gasteiger partial charge is 0.353 e. The van der Waals surface area contributed by atoms with E-state index in [1.807, 2.05) is 23.1 Å². The molecular formula is C17H23N3O2. The third kappa shape index (κ3) is 2.39. The Morgan fingerprint density at radius 3 is 2.27 bits per heavy atom. The molecule has 0 radical (unpaired) electrons. The number of carbonyl (C=O) groups is 2. The van der Waals surface area contributed by atoms with Gasteiger partial charge in [-0.2, -0.15) is 0 Å². The zero-order chi connectivity index (χ0) is 15.7. The van der Waals surface area contributed by atoms with Crippen molar-refractivity contribution in [3.05, 3.63) is 29.8 Å². The van der Waals surface area contributed by atoms with E-state index in [1.165, 1.54) is 23.3 Å². The monoisotopic (exact) mass is 301 g/mol. The van der Waals surface area contributed by atoms with Crippen LogP contribution in [0.5, 0.6) is 0 Å². The molecule has 1 heterocycles. The highest BCUT2D eigenvalue weighted by atomic mass is 16.2. The van der Waals surface area contributed by atoms with Crippen LogP contribution in [-0.4, -0.2) is 43.4 Å². The summed E-state index contributed by atoms with van der Waals surface area (Å²) in [4.78, 5) is 27.1. The molecule has 1 aromatic carbocycles. The van der Waals surface area contributed by atoms with Crippen molar-refractivity contribution in [1.82, 2.24) is 4.90 Å². The number of hydrogen-bond donors (Lipinski definition) is 1. The molecule has 5 nitrogen and oxygen atoms in total. The van der Waals surface area contributed by atoms with Gasteiger partial charge < -0.3 is 10.6 Å². The average molecular weight is 301 g/mol. The minimum Gasteiger partial charge on any atom is -0.353 e. The number of imide groups is 1. The Morgan fingerprint density at radius 2 is 1.68 bits per heavy atom. The molecule has 1 saturated carbocycles. The Kier molecular flexibility index (Phi) is 3.91. The third-order valence-corrected chi connectivity index (χ3v) is 5.17. The number of para-hydroxylation sites is 1. The number of nitrogens with two attached hydrogens (primary N) is 1. The number of hydrogen-bond acceptors (Lipinski definition) is 4. The van der Waals surface area contributed by atoms with Gasteiger partial charge in [0.2, 0.25) is 11.8 Å². The summed E-state index contributed by atoms with van der Waals surface area (Å²) in [5.41, 5.74) is 8.29. The molecule has 1 aromatic rings. The Morgan fingerprint density at radius 1 is 1.09 bits per heavy atom. The van der Waals surface area contributed by atoms with Crippen molar-refractivity contribution in [2.75, 3.05) is 31.6 Å². The smallest absolute Gasteiger partial charge is 0.248 e.